The number of hydrogen-bond acceptors (Lipinski definition) is 10. The molecule has 0 saturated heterocycles. The summed E-state index contributed by atoms with van der Waals surface area (Å²) >= 11 is 3.46. The zero-order chi connectivity index (χ0) is 80.8. The Kier molecular flexibility index (Phi) is 96.1. The Morgan fingerprint density at radius 1 is 0.308 bits per heavy atom. The lowest BCUT2D eigenvalue weighted by Gasteiger charge is -1.93. The molecule has 8 heterocycles. The predicted molar refractivity (Wildman–Crippen MR) is 476 cm³/mol. The zero-order valence-corrected chi connectivity index (χ0v) is 72.6. The van der Waals surface area contributed by atoms with Gasteiger partial charge in [0.25, 0.3) is 0 Å². The second-order valence-electron chi connectivity index (χ2n) is 15.6. The molecule has 0 radical (unpaired) electrons. The van der Waals surface area contributed by atoms with E-state index in [0.717, 1.165) is 68.9 Å². The summed E-state index contributed by atoms with van der Waals surface area (Å²) in [5.74, 6) is 2.76. The van der Waals surface area contributed by atoms with Crippen LogP contribution in [0.15, 0.2) is 257 Å². The normalized spacial score (nSPS) is 8.69. The Hall–Kier alpha value is -8.97. The van der Waals surface area contributed by atoms with E-state index in [1.807, 2.05) is 385 Å². The van der Waals surface area contributed by atoms with Gasteiger partial charge in [0.1, 0.15) is 16.8 Å². The second-order valence-corrected chi connectivity index (χ2v) is 17.4. The first kappa shape index (κ1) is 111. The van der Waals surface area contributed by atoms with Crippen molar-refractivity contribution in [3.63, 3.8) is 0 Å². The number of hydrogen-bond donors (Lipinski definition) is 2. The molecule has 12 heteroatoms. The Morgan fingerprint density at radius 3 is 1.26 bits per heavy atom. The van der Waals surface area contributed by atoms with Crippen LogP contribution < -0.4 is 14.2 Å². The first-order chi connectivity index (χ1) is 51.7. The lowest BCUT2D eigenvalue weighted by Crippen LogP contribution is -1.92. The maximum atomic E-state index is 5.30. The van der Waals surface area contributed by atoms with E-state index in [-0.39, 0.29) is 0 Å². The van der Waals surface area contributed by atoms with E-state index in [9.17, 15) is 0 Å². The summed E-state index contributed by atoms with van der Waals surface area (Å²) < 4.78 is 28.2. The molecule has 0 bridgehead atoms. The fourth-order valence-electron chi connectivity index (χ4n) is 7.26. The number of rotatable bonds is 0. The van der Waals surface area contributed by atoms with Gasteiger partial charge in [-0.2, -0.15) is 0 Å². The van der Waals surface area contributed by atoms with Gasteiger partial charge in [-0.05, 0) is 113 Å². The summed E-state index contributed by atoms with van der Waals surface area (Å²) in [4.78, 5) is 18.3. The van der Waals surface area contributed by atoms with Crippen LogP contribution in [0.1, 0.15) is 227 Å². The summed E-state index contributed by atoms with van der Waals surface area (Å²) in [6.07, 6.45) is 7.88. The van der Waals surface area contributed by atoms with E-state index >= 15 is 0 Å². The van der Waals surface area contributed by atoms with Crippen LogP contribution in [0.4, 0.5) is 0 Å². The van der Waals surface area contributed by atoms with Crippen molar-refractivity contribution in [3.8, 4) is 17.2 Å². The van der Waals surface area contributed by atoms with Gasteiger partial charge in [0, 0.05) is 28.2 Å². The SMILES string of the molecule is CC.CC.CC.CC.CC.CC.CC.CC.CC.CC.CC.CC.CC.CC.CC.CC.c1ccc2[nH]ccc2c1.c1ccc2[nH]cnc2c1.c1ccc2c(c1)CCO2.c1ccc2c(c1)OCO2.c1ccc2occc2c1.c1ccc2ocnc2c1.c1ccc2sccc2c1.c1ccc2scnc2c1. The number of oxazole rings is 1. The van der Waals surface area contributed by atoms with Crippen LogP contribution in [0.25, 0.3) is 64.3 Å². The highest BCUT2D eigenvalue weighted by Crippen LogP contribution is 2.30. The minimum absolute atomic E-state index is 0.360. The van der Waals surface area contributed by atoms with Crippen molar-refractivity contribution < 1.29 is 23.0 Å². The van der Waals surface area contributed by atoms with Crippen LogP contribution in [0, 0.1) is 0 Å². The predicted octanol–water partition coefficient (Wildman–Crippen LogP) is 32.6. The Balaban J connectivity index is -0.000000160. The maximum absolute atomic E-state index is 5.30. The quantitative estimate of drug-likeness (QED) is 0.154. The van der Waals surface area contributed by atoms with E-state index in [4.69, 9.17) is 23.0 Å². The molecule has 16 rings (SSSR count). The van der Waals surface area contributed by atoms with E-state index in [0.29, 0.717) is 6.79 Å². The Bertz CT molecular complexity index is 3010. The van der Waals surface area contributed by atoms with Crippen molar-refractivity contribution in [1.82, 2.24) is 24.9 Å². The van der Waals surface area contributed by atoms with Crippen molar-refractivity contribution in [2.75, 3.05) is 13.4 Å². The minimum atomic E-state index is 0.360. The van der Waals surface area contributed by atoms with E-state index in [1.54, 1.807) is 35.3 Å². The molecule has 0 amide bonds. The van der Waals surface area contributed by atoms with Gasteiger partial charge in [-0.1, -0.05) is 343 Å². The molecule has 2 aliphatic heterocycles. The number of benzene rings is 8. The average Bonchev–Trinajstić information content (AvgIpc) is 1.86. The summed E-state index contributed by atoms with van der Waals surface area (Å²) in [6.45, 7) is 65.2. The number of thiophene rings is 1. The number of imidazole rings is 1. The number of para-hydroxylation sites is 10. The number of nitrogens with one attached hydrogen (secondary N) is 2. The summed E-state index contributed by atoms with van der Waals surface area (Å²) in [6, 6.07) is 70.3. The molecule has 0 aliphatic carbocycles. The molecule has 2 aliphatic rings. The number of thiazole rings is 1. The van der Waals surface area contributed by atoms with Gasteiger partial charge < -0.3 is 33.0 Å². The molecule has 6 aromatic heterocycles. The smallest absolute Gasteiger partial charge is 0.231 e. The van der Waals surface area contributed by atoms with Crippen LogP contribution in [0.5, 0.6) is 17.2 Å². The van der Waals surface area contributed by atoms with Crippen LogP contribution in [0.2, 0.25) is 0 Å². The molecule has 8 aromatic carbocycles. The number of fused-ring (bicyclic) bond motifs is 8. The maximum Gasteiger partial charge on any atom is 0.231 e. The van der Waals surface area contributed by atoms with Gasteiger partial charge in [-0.25, -0.2) is 15.0 Å². The van der Waals surface area contributed by atoms with Gasteiger partial charge in [-0.3, -0.25) is 0 Å². The van der Waals surface area contributed by atoms with Crippen molar-refractivity contribution in [3.05, 3.63) is 254 Å². The largest absolute Gasteiger partial charge is 0.493 e. The highest BCUT2D eigenvalue weighted by atomic mass is 32.1. The monoisotopic (exact) mass is 1460 g/mol. The second kappa shape index (κ2) is 90.1. The number of aromatic amines is 2. The first-order valence-electron chi connectivity index (χ1n) is 39.1. The molecule has 0 spiro atoms. The van der Waals surface area contributed by atoms with Gasteiger partial charge >= 0.3 is 0 Å². The molecule has 0 unspecified atom stereocenters. The van der Waals surface area contributed by atoms with Crippen molar-refractivity contribution in [2.45, 2.75) is 228 Å². The van der Waals surface area contributed by atoms with Crippen LogP contribution in [-0.2, 0) is 6.42 Å². The number of aromatic nitrogens is 5. The molecule has 0 saturated carbocycles. The van der Waals surface area contributed by atoms with Crippen molar-refractivity contribution in [1.29, 1.82) is 0 Å². The fourth-order valence-corrected chi connectivity index (χ4v) is 8.73. The standard InChI is InChI=1S/C8H7N.C8H8O.C8H6O.C8H6S.C7H6N2.C7H5NO.C7H5NS.C7H6O2.16C2H6/c4*1-2-4-8-7(3-1)5-6-9-8;4*1-2-4-7-6(3-1)8-5-9-7;16*1-2/h1-6,9H;1-4H,5-6H2;2*1-6H;1-5H,(H,8,9);2*1-5H;1-4H,5H2;16*1-2H3. The van der Waals surface area contributed by atoms with Gasteiger partial charge in [0.2, 0.25) is 6.79 Å². The van der Waals surface area contributed by atoms with E-state index in [1.165, 1.54) is 37.6 Å². The number of ether oxygens (including phenoxy) is 3. The number of H-pyrrole nitrogens is 2. The zero-order valence-electron chi connectivity index (χ0n) is 71.0. The van der Waals surface area contributed by atoms with Gasteiger partial charge in [0.15, 0.2) is 23.5 Å². The van der Waals surface area contributed by atoms with Gasteiger partial charge in [-0.15, -0.1) is 22.7 Å². The van der Waals surface area contributed by atoms with Crippen LogP contribution >= 0.6 is 22.7 Å². The molecule has 2 N–H and O–H groups in total. The lowest BCUT2D eigenvalue weighted by molar-refractivity contribution is 0.174. The molecule has 0 atom stereocenters. The van der Waals surface area contributed by atoms with Crippen molar-refractivity contribution in [2.24, 2.45) is 0 Å². The van der Waals surface area contributed by atoms with Crippen LogP contribution in [0.3, 0.4) is 0 Å². The molecule has 580 valence electrons. The molecular formula is C92H145N5O5S2. The Morgan fingerprint density at radius 2 is 0.750 bits per heavy atom. The molecule has 10 nitrogen and oxygen atoms in total. The topological polar surface area (TPSA) is 124 Å². The van der Waals surface area contributed by atoms with Crippen molar-refractivity contribution >= 4 is 87.0 Å². The third kappa shape index (κ3) is 48.8. The first-order valence-corrected chi connectivity index (χ1v) is 40.9. The fraction of sp³-hybridized carbons (Fsp3) is 0.380. The number of nitrogens with zero attached hydrogens (tertiary/aromatic N) is 3. The van der Waals surface area contributed by atoms with E-state index < -0.39 is 0 Å². The van der Waals surface area contributed by atoms with E-state index in [2.05, 4.69) is 91.0 Å². The van der Waals surface area contributed by atoms with Gasteiger partial charge in [0.05, 0.1) is 46.0 Å². The molecule has 104 heavy (non-hydrogen) atoms. The average molecular weight is 1470 g/mol. The highest BCUT2D eigenvalue weighted by Gasteiger charge is 2.10. The summed E-state index contributed by atoms with van der Waals surface area (Å²) in [5, 5.41) is 5.91. The highest BCUT2D eigenvalue weighted by molar-refractivity contribution is 7.17. The summed E-state index contributed by atoms with van der Waals surface area (Å²) in [7, 11) is 0. The molecular weight excluding hydrogens is 1320 g/mol. The third-order valence-corrected chi connectivity index (χ3v) is 12.6. The lowest BCUT2D eigenvalue weighted by atomic mass is 10.2. The molecule has 14 aromatic rings. The minimum Gasteiger partial charge on any atom is -0.493 e. The summed E-state index contributed by atoms with van der Waals surface area (Å²) in [5.41, 5.74) is 10.4. The molecule has 0 fully saturated rings. The number of furan rings is 1. The third-order valence-electron chi connectivity index (χ3n) is 10.9. The van der Waals surface area contributed by atoms with Crippen LogP contribution in [-0.4, -0.2) is 38.3 Å². The Labute approximate surface area is 643 Å².